The molecule has 2 nitrogen and oxygen atoms in total. The first-order valence-electron chi connectivity index (χ1n) is 8.68. The number of benzene rings is 1. The van der Waals surface area contributed by atoms with Crippen LogP contribution in [0.1, 0.15) is 51.0 Å². The van der Waals surface area contributed by atoms with Gasteiger partial charge in [-0.25, -0.2) is 0 Å². The molecule has 120 valence electrons. The Kier molecular flexibility index (Phi) is 3.56. The quantitative estimate of drug-likeness (QED) is 0.875. The van der Waals surface area contributed by atoms with Gasteiger partial charge in [-0.05, 0) is 80.9 Å². The molecule has 1 atom stereocenters. The Balaban J connectivity index is 1.46. The minimum absolute atomic E-state index is 0.297. The van der Waals surface area contributed by atoms with Crippen molar-refractivity contribution in [3.8, 4) is 0 Å². The SMILES string of the molecule is C[C@](O)(CNC12CC3CC(CC(C3)C1)C2)c1ccc(Cl)cc1. The van der Waals surface area contributed by atoms with Crippen LogP contribution in [-0.4, -0.2) is 17.2 Å². The van der Waals surface area contributed by atoms with Crippen molar-refractivity contribution in [2.45, 2.75) is 56.6 Å². The summed E-state index contributed by atoms with van der Waals surface area (Å²) in [6.45, 7) is 2.53. The van der Waals surface area contributed by atoms with E-state index in [0.29, 0.717) is 17.1 Å². The highest BCUT2D eigenvalue weighted by Gasteiger charge is 2.51. The standard InChI is InChI=1S/C19H26ClNO/c1-18(22,16-2-4-17(20)5-3-16)12-21-19-9-13-6-14(10-19)8-15(7-13)11-19/h2-5,13-15,21-22H,6-12H2,1H3/t13?,14?,15?,18-,19?/m0/s1. The molecule has 0 radical (unpaired) electrons. The summed E-state index contributed by atoms with van der Waals surface area (Å²) < 4.78 is 0. The predicted octanol–water partition coefficient (Wildman–Crippen LogP) is 4.11. The average molecular weight is 320 g/mol. The summed E-state index contributed by atoms with van der Waals surface area (Å²) >= 11 is 5.95. The molecule has 0 aromatic heterocycles. The van der Waals surface area contributed by atoms with E-state index >= 15 is 0 Å². The van der Waals surface area contributed by atoms with E-state index in [1.165, 1.54) is 38.5 Å². The van der Waals surface area contributed by atoms with Crippen molar-refractivity contribution in [2.24, 2.45) is 17.8 Å². The zero-order valence-corrected chi connectivity index (χ0v) is 14.1. The van der Waals surface area contributed by atoms with Crippen LogP contribution in [0, 0.1) is 17.8 Å². The molecule has 5 rings (SSSR count). The summed E-state index contributed by atoms with van der Waals surface area (Å²) in [5.74, 6) is 2.79. The lowest BCUT2D eigenvalue weighted by Gasteiger charge is -2.57. The fraction of sp³-hybridized carbons (Fsp3) is 0.684. The second-order valence-corrected chi connectivity index (χ2v) is 8.77. The van der Waals surface area contributed by atoms with Gasteiger partial charge in [-0.2, -0.15) is 0 Å². The lowest BCUT2D eigenvalue weighted by Crippen LogP contribution is -2.60. The molecule has 2 N–H and O–H groups in total. The minimum atomic E-state index is -0.839. The molecule has 0 saturated heterocycles. The van der Waals surface area contributed by atoms with Crippen LogP contribution in [0.15, 0.2) is 24.3 Å². The molecule has 4 fully saturated rings. The van der Waals surface area contributed by atoms with Crippen molar-refractivity contribution in [2.75, 3.05) is 6.54 Å². The summed E-state index contributed by atoms with van der Waals surface area (Å²) in [5.41, 5.74) is 0.396. The van der Waals surface area contributed by atoms with Gasteiger partial charge >= 0.3 is 0 Å². The molecule has 1 aromatic rings. The van der Waals surface area contributed by atoms with E-state index in [4.69, 9.17) is 11.6 Å². The van der Waals surface area contributed by atoms with E-state index in [0.717, 1.165) is 23.3 Å². The number of hydrogen-bond donors (Lipinski definition) is 2. The molecule has 0 heterocycles. The highest BCUT2D eigenvalue weighted by atomic mass is 35.5. The molecule has 4 aliphatic carbocycles. The van der Waals surface area contributed by atoms with Crippen molar-refractivity contribution in [3.63, 3.8) is 0 Å². The van der Waals surface area contributed by atoms with E-state index in [9.17, 15) is 5.11 Å². The molecular weight excluding hydrogens is 294 g/mol. The molecular formula is C19H26ClNO. The first-order chi connectivity index (χ1) is 10.4. The van der Waals surface area contributed by atoms with Crippen LogP contribution < -0.4 is 5.32 Å². The van der Waals surface area contributed by atoms with Gasteiger partial charge in [-0.1, -0.05) is 23.7 Å². The van der Waals surface area contributed by atoms with Crippen LogP contribution in [0.4, 0.5) is 0 Å². The van der Waals surface area contributed by atoms with Crippen LogP contribution in [0.25, 0.3) is 0 Å². The fourth-order valence-corrected chi connectivity index (χ4v) is 5.72. The van der Waals surface area contributed by atoms with Gasteiger partial charge in [0.2, 0.25) is 0 Å². The normalized spacial score (nSPS) is 39.0. The number of aliphatic hydroxyl groups is 1. The predicted molar refractivity (Wildman–Crippen MR) is 89.9 cm³/mol. The molecule has 4 bridgehead atoms. The molecule has 4 saturated carbocycles. The van der Waals surface area contributed by atoms with E-state index in [1.807, 2.05) is 31.2 Å². The fourth-order valence-electron chi connectivity index (χ4n) is 5.60. The van der Waals surface area contributed by atoms with Gasteiger partial charge in [0, 0.05) is 17.1 Å². The maximum atomic E-state index is 10.9. The summed E-state index contributed by atoms with van der Waals surface area (Å²) in [6.07, 6.45) is 8.30. The molecule has 0 unspecified atom stereocenters. The molecule has 1 aromatic carbocycles. The van der Waals surface area contributed by atoms with Crippen LogP contribution in [-0.2, 0) is 5.60 Å². The first kappa shape index (κ1) is 15.0. The minimum Gasteiger partial charge on any atom is -0.384 e. The molecule has 4 aliphatic rings. The highest BCUT2D eigenvalue weighted by Crippen LogP contribution is 2.55. The van der Waals surface area contributed by atoms with Gasteiger partial charge < -0.3 is 10.4 Å². The van der Waals surface area contributed by atoms with Crippen LogP contribution in [0.5, 0.6) is 0 Å². The molecule has 22 heavy (non-hydrogen) atoms. The lowest BCUT2D eigenvalue weighted by molar-refractivity contribution is -0.0357. The third-order valence-corrected chi connectivity index (χ3v) is 6.56. The Labute approximate surface area is 138 Å². The Bertz CT molecular complexity index is 516. The summed E-state index contributed by atoms with van der Waals surface area (Å²) in [6, 6.07) is 7.58. The Morgan fingerprint density at radius 2 is 1.59 bits per heavy atom. The van der Waals surface area contributed by atoms with Gasteiger partial charge in [0.05, 0.1) is 5.60 Å². The smallest absolute Gasteiger partial charge is 0.0992 e. The first-order valence-corrected chi connectivity index (χ1v) is 9.05. The lowest BCUT2D eigenvalue weighted by atomic mass is 9.53. The molecule has 0 spiro atoms. The summed E-state index contributed by atoms with van der Waals surface area (Å²) in [7, 11) is 0. The van der Waals surface area contributed by atoms with Crippen molar-refractivity contribution in [1.82, 2.24) is 5.32 Å². The summed E-state index contributed by atoms with van der Waals surface area (Å²) in [5, 5.41) is 15.4. The van der Waals surface area contributed by atoms with Crippen LogP contribution in [0.3, 0.4) is 0 Å². The van der Waals surface area contributed by atoms with Gasteiger partial charge in [-0.15, -0.1) is 0 Å². The second kappa shape index (κ2) is 5.22. The average Bonchev–Trinajstić information content (AvgIpc) is 2.45. The maximum absolute atomic E-state index is 10.9. The van der Waals surface area contributed by atoms with Crippen molar-refractivity contribution in [1.29, 1.82) is 0 Å². The van der Waals surface area contributed by atoms with Gasteiger partial charge in [0.25, 0.3) is 0 Å². The Morgan fingerprint density at radius 3 is 2.09 bits per heavy atom. The summed E-state index contributed by atoms with van der Waals surface area (Å²) in [4.78, 5) is 0. The zero-order chi connectivity index (χ0) is 15.4. The number of nitrogens with one attached hydrogen (secondary N) is 1. The Morgan fingerprint density at radius 1 is 1.09 bits per heavy atom. The van der Waals surface area contributed by atoms with Crippen molar-refractivity contribution >= 4 is 11.6 Å². The highest BCUT2D eigenvalue weighted by molar-refractivity contribution is 6.30. The molecule has 3 heteroatoms. The van der Waals surface area contributed by atoms with Crippen LogP contribution in [0.2, 0.25) is 5.02 Å². The van der Waals surface area contributed by atoms with E-state index in [-0.39, 0.29) is 0 Å². The number of rotatable bonds is 4. The number of hydrogen-bond acceptors (Lipinski definition) is 2. The largest absolute Gasteiger partial charge is 0.384 e. The van der Waals surface area contributed by atoms with E-state index < -0.39 is 5.60 Å². The van der Waals surface area contributed by atoms with Crippen molar-refractivity contribution in [3.05, 3.63) is 34.9 Å². The van der Waals surface area contributed by atoms with E-state index in [1.54, 1.807) is 0 Å². The van der Waals surface area contributed by atoms with E-state index in [2.05, 4.69) is 5.32 Å². The monoisotopic (exact) mass is 319 g/mol. The number of β-amino-alcohol motifs (C(OH)–C–C–N with tert-alkyl or cyclic N) is 1. The van der Waals surface area contributed by atoms with Gasteiger partial charge in [0.15, 0.2) is 0 Å². The number of halogens is 1. The molecule has 0 amide bonds. The maximum Gasteiger partial charge on any atom is 0.0992 e. The van der Waals surface area contributed by atoms with Gasteiger partial charge in [-0.3, -0.25) is 0 Å². The van der Waals surface area contributed by atoms with Crippen LogP contribution >= 0.6 is 11.6 Å². The third-order valence-electron chi connectivity index (χ3n) is 6.31. The Hall–Kier alpha value is -0.570. The second-order valence-electron chi connectivity index (χ2n) is 8.33. The zero-order valence-electron chi connectivity index (χ0n) is 13.3. The topological polar surface area (TPSA) is 32.3 Å². The van der Waals surface area contributed by atoms with Gasteiger partial charge in [0.1, 0.15) is 0 Å². The molecule has 0 aliphatic heterocycles. The van der Waals surface area contributed by atoms with Crippen molar-refractivity contribution < 1.29 is 5.11 Å². The third kappa shape index (κ3) is 2.70.